The molecule has 27 heavy (non-hydrogen) atoms. The van der Waals surface area contributed by atoms with Crippen molar-refractivity contribution in [1.29, 1.82) is 0 Å². The van der Waals surface area contributed by atoms with Gasteiger partial charge in [0.05, 0.1) is 16.3 Å². The van der Waals surface area contributed by atoms with Crippen LogP contribution in [0.2, 0.25) is 0 Å². The minimum Gasteiger partial charge on any atom is -0.265 e. The lowest BCUT2D eigenvalue weighted by Crippen LogP contribution is -2.04. The number of pyridine rings is 2. The lowest BCUT2D eigenvalue weighted by Gasteiger charge is -2.05. The fourth-order valence-electron chi connectivity index (χ4n) is 3.12. The first kappa shape index (κ1) is 17.5. The average molecular weight is 379 g/mol. The van der Waals surface area contributed by atoms with Crippen molar-refractivity contribution in [3.05, 3.63) is 72.8 Å². The Hall–Kier alpha value is -2.86. The van der Waals surface area contributed by atoms with E-state index < -0.39 is 10.8 Å². The summed E-state index contributed by atoms with van der Waals surface area (Å²) in [6.45, 7) is 2.01. The molecule has 0 saturated carbocycles. The predicted molar refractivity (Wildman–Crippen MR) is 105 cm³/mol. The molecule has 0 aliphatic carbocycles. The van der Waals surface area contributed by atoms with Crippen LogP contribution in [0, 0.1) is 5.82 Å². The molecule has 0 bridgehead atoms. The van der Waals surface area contributed by atoms with E-state index in [-0.39, 0.29) is 5.82 Å². The highest BCUT2D eigenvalue weighted by atomic mass is 32.2. The lowest BCUT2D eigenvalue weighted by molar-refractivity contribution is 0.628. The number of benzene rings is 1. The Morgan fingerprint density at radius 1 is 1.00 bits per heavy atom. The highest BCUT2D eigenvalue weighted by Crippen LogP contribution is 2.35. The molecule has 1 unspecified atom stereocenters. The number of hydrogen-bond donors (Lipinski definition) is 0. The maximum absolute atomic E-state index is 13.4. The summed E-state index contributed by atoms with van der Waals surface area (Å²) in [7, 11) is -1.14. The summed E-state index contributed by atoms with van der Waals surface area (Å²) in [4.78, 5) is 4.09. The van der Waals surface area contributed by atoms with Crippen molar-refractivity contribution in [2.24, 2.45) is 0 Å². The number of hydrogen-bond acceptors (Lipinski definition) is 3. The Kier molecular flexibility index (Phi) is 4.81. The average Bonchev–Trinajstić information content (AvgIpc) is 3.09. The molecule has 1 aromatic carbocycles. The molecule has 0 N–H and O–H groups in total. The standard InChI is InChI=1S/C21H18FN3OS/c1-2-14-27(26)19-5-3-4-18-20(15-10-12-23-13-11-15)21(24-25(18)19)16-6-8-17(22)9-7-16/h3-13H,2,14H2,1H3. The third kappa shape index (κ3) is 3.28. The van der Waals surface area contributed by atoms with E-state index in [0.29, 0.717) is 10.8 Å². The number of nitrogens with zero attached hydrogens (tertiary/aromatic N) is 3. The number of aromatic nitrogens is 3. The third-order valence-corrected chi connectivity index (χ3v) is 5.89. The van der Waals surface area contributed by atoms with Crippen molar-refractivity contribution in [1.82, 2.24) is 14.6 Å². The Morgan fingerprint density at radius 3 is 2.44 bits per heavy atom. The van der Waals surface area contributed by atoms with Crippen LogP contribution in [-0.4, -0.2) is 24.6 Å². The van der Waals surface area contributed by atoms with E-state index in [1.54, 1.807) is 29.0 Å². The summed E-state index contributed by atoms with van der Waals surface area (Å²) in [5.41, 5.74) is 4.26. The zero-order chi connectivity index (χ0) is 18.8. The minimum atomic E-state index is -1.14. The summed E-state index contributed by atoms with van der Waals surface area (Å²) in [6.07, 6.45) is 4.28. The zero-order valence-corrected chi connectivity index (χ0v) is 15.6. The van der Waals surface area contributed by atoms with Gasteiger partial charge in [-0.15, -0.1) is 0 Å². The van der Waals surface area contributed by atoms with E-state index in [1.165, 1.54) is 12.1 Å². The summed E-state index contributed by atoms with van der Waals surface area (Å²) < 4.78 is 27.8. The predicted octanol–water partition coefficient (Wildman–Crippen LogP) is 4.72. The van der Waals surface area contributed by atoms with Gasteiger partial charge in [-0.2, -0.15) is 5.10 Å². The molecule has 6 heteroatoms. The normalized spacial score (nSPS) is 12.4. The monoisotopic (exact) mass is 379 g/mol. The van der Waals surface area contributed by atoms with Gasteiger partial charge in [0.2, 0.25) is 0 Å². The van der Waals surface area contributed by atoms with Crippen LogP contribution in [0.1, 0.15) is 13.3 Å². The minimum absolute atomic E-state index is 0.294. The second kappa shape index (κ2) is 7.40. The molecule has 0 spiro atoms. The maximum atomic E-state index is 13.4. The second-order valence-electron chi connectivity index (χ2n) is 6.18. The quantitative estimate of drug-likeness (QED) is 0.504. The van der Waals surface area contributed by atoms with Gasteiger partial charge < -0.3 is 0 Å². The topological polar surface area (TPSA) is 47.3 Å². The maximum Gasteiger partial charge on any atom is 0.129 e. The first-order valence-corrected chi connectivity index (χ1v) is 10.1. The summed E-state index contributed by atoms with van der Waals surface area (Å²) in [5, 5.41) is 5.44. The van der Waals surface area contributed by atoms with Crippen LogP contribution >= 0.6 is 0 Å². The van der Waals surface area contributed by atoms with E-state index in [0.717, 1.165) is 34.3 Å². The molecule has 0 radical (unpaired) electrons. The van der Waals surface area contributed by atoms with Gasteiger partial charge in [-0.25, -0.2) is 8.91 Å². The molecule has 0 aliphatic rings. The van der Waals surface area contributed by atoms with Gasteiger partial charge in [-0.1, -0.05) is 13.0 Å². The molecule has 0 saturated heterocycles. The molecular formula is C21H18FN3OS. The van der Waals surface area contributed by atoms with Crippen LogP contribution in [0.4, 0.5) is 4.39 Å². The van der Waals surface area contributed by atoms with E-state index >= 15 is 0 Å². The van der Waals surface area contributed by atoms with Crippen molar-refractivity contribution in [2.75, 3.05) is 5.75 Å². The van der Waals surface area contributed by atoms with Crippen molar-refractivity contribution < 1.29 is 8.60 Å². The fraction of sp³-hybridized carbons (Fsp3) is 0.143. The Balaban J connectivity index is 2.02. The van der Waals surface area contributed by atoms with Crippen LogP contribution in [0.5, 0.6) is 0 Å². The fourth-order valence-corrected chi connectivity index (χ4v) is 4.26. The molecule has 0 amide bonds. The van der Waals surface area contributed by atoms with E-state index in [9.17, 15) is 8.60 Å². The number of fused-ring (bicyclic) bond motifs is 1. The van der Waals surface area contributed by atoms with E-state index in [1.807, 2.05) is 37.3 Å². The van der Waals surface area contributed by atoms with Gasteiger partial charge in [-0.3, -0.25) is 9.19 Å². The van der Waals surface area contributed by atoms with E-state index in [2.05, 4.69) is 4.98 Å². The van der Waals surface area contributed by atoms with Crippen LogP contribution < -0.4 is 0 Å². The Bertz CT molecular complexity index is 1110. The van der Waals surface area contributed by atoms with E-state index in [4.69, 9.17) is 5.10 Å². The summed E-state index contributed by atoms with van der Waals surface area (Å²) in [5.74, 6) is 0.285. The molecule has 3 aromatic heterocycles. The lowest BCUT2D eigenvalue weighted by atomic mass is 10.0. The van der Waals surface area contributed by atoms with Gasteiger partial charge in [0.15, 0.2) is 0 Å². The molecular weight excluding hydrogens is 361 g/mol. The summed E-state index contributed by atoms with van der Waals surface area (Å²) in [6, 6.07) is 15.8. The van der Waals surface area contributed by atoms with Crippen LogP contribution in [0.3, 0.4) is 0 Å². The second-order valence-corrected chi connectivity index (χ2v) is 7.69. The molecule has 0 aliphatic heterocycles. The molecule has 4 nitrogen and oxygen atoms in total. The van der Waals surface area contributed by atoms with Crippen LogP contribution in [-0.2, 0) is 10.8 Å². The van der Waals surface area contributed by atoms with Crippen LogP contribution in [0.25, 0.3) is 27.9 Å². The highest BCUT2D eigenvalue weighted by Gasteiger charge is 2.19. The molecule has 1 atom stereocenters. The van der Waals surface area contributed by atoms with Crippen LogP contribution in [0.15, 0.2) is 72.0 Å². The van der Waals surface area contributed by atoms with Crippen molar-refractivity contribution in [2.45, 2.75) is 18.4 Å². The van der Waals surface area contributed by atoms with Gasteiger partial charge in [0.25, 0.3) is 0 Å². The van der Waals surface area contributed by atoms with Crippen molar-refractivity contribution in [3.8, 4) is 22.4 Å². The molecule has 4 rings (SSSR count). The first-order valence-electron chi connectivity index (χ1n) is 8.75. The number of rotatable bonds is 5. The van der Waals surface area contributed by atoms with Gasteiger partial charge in [0.1, 0.15) is 16.5 Å². The highest BCUT2D eigenvalue weighted by molar-refractivity contribution is 7.84. The van der Waals surface area contributed by atoms with Crippen molar-refractivity contribution in [3.63, 3.8) is 0 Å². The third-order valence-electron chi connectivity index (χ3n) is 4.33. The SMILES string of the molecule is CCCS(=O)c1cccc2c(-c3ccncc3)c(-c3ccc(F)cc3)nn12. The molecule has 4 aromatic rings. The van der Waals surface area contributed by atoms with Gasteiger partial charge in [0, 0.05) is 29.3 Å². The molecule has 0 fully saturated rings. The Labute approximate surface area is 159 Å². The molecule has 3 heterocycles. The smallest absolute Gasteiger partial charge is 0.129 e. The number of halogens is 1. The Morgan fingerprint density at radius 2 is 1.74 bits per heavy atom. The first-order chi connectivity index (χ1) is 13.2. The summed E-state index contributed by atoms with van der Waals surface area (Å²) >= 11 is 0. The van der Waals surface area contributed by atoms with Gasteiger partial charge in [-0.05, 0) is 60.5 Å². The largest absolute Gasteiger partial charge is 0.265 e. The molecule has 136 valence electrons. The zero-order valence-electron chi connectivity index (χ0n) is 14.8. The van der Waals surface area contributed by atoms with Gasteiger partial charge >= 0.3 is 0 Å². The van der Waals surface area contributed by atoms with Crippen molar-refractivity contribution >= 4 is 16.3 Å².